The maximum Gasteiger partial charge on any atom is 0.0189 e. The van der Waals surface area contributed by atoms with Crippen molar-refractivity contribution in [1.29, 1.82) is 0 Å². The molecule has 1 heterocycles. The molecule has 1 aliphatic carbocycles. The highest BCUT2D eigenvalue weighted by atomic mass is 32.2. The fourth-order valence-corrected chi connectivity index (χ4v) is 3.10. The number of rotatable bonds is 0. The molecule has 11 heavy (non-hydrogen) atoms. The molecular weight excluding hydrogens is 154 g/mol. The molecule has 1 N–H and O–H groups in total. The van der Waals surface area contributed by atoms with Crippen molar-refractivity contribution in [3.8, 4) is 0 Å². The van der Waals surface area contributed by atoms with Crippen molar-refractivity contribution in [1.82, 2.24) is 5.32 Å². The third kappa shape index (κ3) is 1.73. The van der Waals surface area contributed by atoms with Crippen LogP contribution in [0.15, 0.2) is 0 Å². The smallest absolute Gasteiger partial charge is 0.0189 e. The lowest BCUT2D eigenvalue weighted by Crippen LogP contribution is -2.52. The summed E-state index contributed by atoms with van der Waals surface area (Å²) < 4.78 is 0. The van der Waals surface area contributed by atoms with Crippen LogP contribution >= 0.6 is 11.8 Å². The van der Waals surface area contributed by atoms with Crippen LogP contribution in [0.4, 0.5) is 0 Å². The Bertz CT molecular complexity index is 122. The summed E-state index contributed by atoms with van der Waals surface area (Å²) in [5, 5.41) is 3.72. The van der Waals surface area contributed by atoms with E-state index in [1.807, 2.05) is 0 Å². The molecule has 2 aliphatic rings. The molecule has 0 amide bonds. The standard InChI is InChI=1S/C9H17NS/c1-3-9(4-1)5-8-11-7-2-6-10-9/h10H,1-8H2. The van der Waals surface area contributed by atoms with Gasteiger partial charge in [-0.2, -0.15) is 11.8 Å². The Morgan fingerprint density at radius 2 is 1.91 bits per heavy atom. The van der Waals surface area contributed by atoms with Crippen molar-refractivity contribution in [2.75, 3.05) is 18.1 Å². The molecule has 1 nitrogen and oxygen atoms in total. The first-order valence-electron chi connectivity index (χ1n) is 4.74. The molecule has 0 atom stereocenters. The topological polar surface area (TPSA) is 12.0 Å². The van der Waals surface area contributed by atoms with E-state index in [4.69, 9.17) is 0 Å². The molecule has 0 radical (unpaired) electrons. The van der Waals surface area contributed by atoms with Crippen LogP contribution in [0.1, 0.15) is 32.1 Å². The molecule has 1 saturated carbocycles. The van der Waals surface area contributed by atoms with Crippen LogP contribution in [0.5, 0.6) is 0 Å². The number of hydrogen-bond donors (Lipinski definition) is 1. The second kappa shape index (κ2) is 3.36. The fraction of sp³-hybridized carbons (Fsp3) is 1.00. The van der Waals surface area contributed by atoms with Crippen molar-refractivity contribution in [2.45, 2.75) is 37.6 Å². The van der Waals surface area contributed by atoms with Crippen LogP contribution in [-0.4, -0.2) is 23.6 Å². The number of nitrogens with one attached hydrogen (secondary N) is 1. The highest BCUT2D eigenvalue weighted by Crippen LogP contribution is 2.36. The van der Waals surface area contributed by atoms with Gasteiger partial charge in [-0.15, -0.1) is 0 Å². The summed E-state index contributed by atoms with van der Waals surface area (Å²) in [6.07, 6.45) is 7.11. The van der Waals surface area contributed by atoms with Gasteiger partial charge in [0.05, 0.1) is 0 Å². The zero-order valence-electron chi connectivity index (χ0n) is 7.07. The second-order valence-corrected chi connectivity index (χ2v) is 5.00. The summed E-state index contributed by atoms with van der Waals surface area (Å²) in [7, 11) is 0. The molecule has 1 spiro atoms. The van der Waals surface area contributed by atoms with Gasteiger partial charge in [0.1, 0.15) is 0 Å². The molecule has 0 aromatic heterocycles. The van der Waals surface area contributed by atoms with Crippen LogP contribution in [-0.2, 0) is 0 Å². The summed E-state index contributed by atoms with van der Waals surface area (Å²) >= 11 is 2.14. The minimum Gasteiger partial charge on any atom is -0.311 e. The average molecular weight is 171 g/mol. The molecule has 0 aromatic carbocycles. The molecular formula is C9H17NS. The van der Waals surface area contributed by atoms with Gasteiger partial charge in [-0.05, 0) is 50.2 Å². The SMILES string of the molecule is C1CNC2(CCC2)CCSC1. The van der Waals surface area contributed by atoms with Gasteiger partial charge in [0, 0.05) is 5.54 Å². The van der Waals surface area contributed by atoms with Crippen molar-refractivity contribution in [3.63, 3.8) is 0 Å². The second-order valence-electron chi connectivity index (χ2n) is 3.78. The lowest BCUT2D eigenvalue weighted by Gasteiger charge is -2.44. The lowest BCUT2D eigenvalue weighted by molar-refractivity contribution is 0.179. The largest absolute Gasteiger partial charge is 0.311 e. The summed E-state index contributed by atoms with van der Waals surface area (Å²) in [6.45, 7) is 1.26. The Labute approximate surface area is 73.3 Å². The Morgan fingerprint density at radius 3 is 2.64 bits per heavy atom. The monoisotopic (exact) mass is 171 g/mol. The molecule has 2 rings (SSSR count). The van der Waals surface area contributed by atoms with Crippen LogP contribution in [0.25, 0.3) is 0 Å². The van der Waals surface area contributed by atoms with Crippen LogP contribution in [0.3, 0.4) is 0 Å². The molecule has 0 bridgehead atoms. The highest BCUT2D eigenvalue weighted by molar-refractivity contribution is 7.99. The molecule has 0 aromatic rings. The third-order valence-electron chi connectivity index (χ3n) is 3.00. The lowest BCUT2D eigenvalue weighted by atomic mass is 9.75. The highest BCUT2D eigenvalue weighted by Gasteiger charge is 2.35. The molecule has 64 valence electrons. The van der Waals surface area contributed by atoms with E-state index in [1.54, 1.807) is 0 Å². The van der Waals surface area contributed by atoms with E-state index >= 15 is 0 Å². The maximum atomic E-state index is 3.72. The maximum absolute atomic E-state index is 3.72. The van der Waals surface area contributed by atoms with Gasteiger partial charge in [0.15, 0.2) is 0 Å². The van der Waals surface area contributed by atoms with Gasteiger partial charge >= 0.3 is 0 Å². The van der Waals surface area contributed by atoms with Crippen molar-refractivity contribution < 1.29 is 0 Å². The van der Waals surface area contributed by atoms with Crippen molar-refractivity contribution in [3.05, 3.63) is 0 Å². The van der Waals surface area contributed by atoms with Crippen LogP contribution in [0.2, 0.25) is 0 Å². The predicted octanol–water partition coefficient (Wildman–Crippen LogP) is 2.03. The Hall–Kier alpha value is 0.310. The number of thioether (sulfide) groups is 1. The predicted molar refractivity (Wildman–Crippen MR) is 51.1 cm³/mol. The Morgan fingerprint density at radius 1 is 1.00 bits per heavy atom. The van der Waals surface area contributed by atoms with Gasteiger partial charge in [0.25, 0.3) is 0 Å². The first kappa shape index (κ1) is 7.93. The summed E-state index contributed by atoms with van der Waals surface area (Å²) in [5.41, 5.74) is 0.605. The quantitative estimate of drug-likeness (QED) is 0.598. The van der Waals surface area contributed by atoms with Gasteiger partial charge in [0.2, 0.25) is 0 Å². The van der Waals surface area contributed by atoms with E-state index in [1.165, 1.54) is 50.2 Å². The van der Waals surface area contributed by atoms with E-state index in [2.05, 4.69) is 17.1 Å². The zero-order valence-corrected chi connectivity index (χ0v) is 7.88. The van der Waals surface area contributed by atoms with E-state index < -0.39 is 0 Å². The fourth-order valence-electron chi connectivity index (χ4n) is 2.02. The van der Waals surface area contributed by atoms with E-state index in [9.17, 15) is 0 Å². The van der Waals surface area contributed by atoms with Crippen LogP contribution < -0.4 is 5.32 Å². The zero-order chi connectivity index (χ0) is 7.57. The van der Waals surface area contributed by atoms with E-state index in [0.717, 1.165) is 0 Å². The Balaban J connectivity index is 1.86. The first-order valence-corrected chi connectivity index (χ1v) is 5.90. The molecule has 0 unspecified atom stereocenters. The third-order valence-corrected chi connectivity index (χ3v) is 4.07. The van der Waals surface area contributed by atoms with E-state index in [0.29, 0.717) is 5.54 Å². The van der Waals surface area contributed by atoms with Crippen LogP contribution in [0, 0.1) is 0 Å². The van der Waals surface area contributed by atoms with Gasteiger partial charge in [-0.1, -0.05) is 0 Å². The first-order chi connectivity index (χ1) is 5.41. The average Bonchev–Trinajstić information content (AvgIpc) is 1.82. The minimum absolute atomic E-state index is 0.605. The summed E-state index contributed by atoms with van der Waals surface area (Å²) in [4.78, 5) is 0. The van der Waals surface area contributed by atoms with Gasteiger partial charge < -0.3 is 5.32 Å². The van der Waals surface area contributed by atoms with Crippen molar-refractivity contribution in [2.24, 2.45) is 0 Å². The summed E-state index contributed by atoms with van der Waals surface area (Å²) in [5.74, 6) is 2.75. The normalized spacial score (nSPS) is 30.5. The number of hydrogen-bond acceptors (Lipinski definition) is 2. The molecule has 2 heteroatoms. The molecule has 1 saturated heterocycles. The molecule has 1 aliphatic heterocycles. The summed E-state index contributed by atoms with van der Waals surface area (Å²) in [6, 6.07) is 0. The van der Waals surface area contributed by atoms with E-state index in [-0.39, 0.29) is 0 Å². The van der Waals surface area contributed by atoms with Gasteiger partial charge in [-0.3, -0.25) is 0 Å². The molecule has 2 fully saturated rings. The van der Waals surface area contributed by atoms with Gasteiger partial charge in [-0.25, -0.2) is 0 Å². The van der Waals surface area contributed by atoms with Crippen molar-refractivity contribution >= 4 is 11.8 Å². The minimum atomic E-state index is 0.605. The Kier molecular flexibility index (Phi) is 2.42.